The van der Waals surface area contributed by atoms with E-state index in [4.69, 9.17) is 0 Å². The molecule has 8 heavy (non-hydrogen) atoms. The summed E-state index contributed by atoms with van der Waals surface area (Å²) in [6.45, 7) is 4.70. The van der Waals surface area contributed by atoms with E-state index in [1.165, 1.54) is 25.3 Å². The van der Waals surface area contributed by atoms with E-state index in [1.54, 1.807) is 0 Å². The summed E-state index contributed by atoms with van der Waals surface area (Å²) in [5.41, 5.74) is 0. The van der Waals surface area contributed by atoms with Crippen LogP contribution in [0.15, 0.2) is 0 Å². The maximum absolute atomic E-state index is 3.38. The van der Waals surface area contributed by atoms with E-state index in [0.717, 1.165) is 5.25 Å². The van der Waals surface area contributed by atoms with Crippen LogP contribution in [0.2, 0.25) is 0 Å². The van der Waals surface area contributed by atoms with Gasteiger partial charge in [0.2, 0.25) is 0 Å². The van der Waals surface area contributed by atoms with Crippen molar-refractivity contribution in [2.24, 2.45) is 0 Å². The van der Waals surface area contributed by atoms with Crippen LogP contribution in [-0.4, -0.2) is 24.1 Å². The molecule has 0 aromatic heterocycles. The van der Waals surface area contributed by atoms with Gasteiger partial charge >= 0.3 is 0 Å². The summed E-state index contributed by atoms with van der Waals surface area (Å²) in [5.74, 6) is 1.34. The Kier molecular flexibility index (Phi) is 2.70. The first kappa shape index (κ1) is 6.43. The molecule has 1 heterocycles. The van der Waals surface area contributed by atoms with Crippen LogP contribution >= 0.6 is 11.8 Å². The van der Waals surface area contributed by atoms with Gasteiger partial charge in [-0.05, 0) is 18.7 Å². The fourth-order valence-electron chi connectivity index (χ4n) is 0.846. The Balaban J connectivity index is 2.17. The molecule has 1 fully saturated rings. The van der Waals surface area contributed by atoms with Crippen molar-refractivity contribution in [3.63, 3.8) is 0 Å². The Labute approximate surface area is 55.2 Å². The molecule has 1 aliphatic rings. The predicted molar refractivity (Wildman–Crippen MR) is 39.4 cm³/mol. The molecule has 0 amide bonds. The molecular weight excluding hydrogens is 118 g/mol. The second-order valence-corrected chi connectivity index (χ2v) is 3.79. The molecule has 1 nitrogen and oxygen atoms in total. The Morgan fingerprint density at radius 3 is 3.38 bits per heavy atom. The van der Waals surface area contributed by atoms with Crippen LogP contribution in [0.25, 0.3) is 0 Å². The molecule has 48 valence electrons. The highest BCUT2D eigenvalue weighted by Crippen LogP contribution is 2.12. The average molecular weight is 131 g/mol. The molecule has 1 atom stereocenters. The van der Waals surface area contributed by atoms with Crippen LogP contribution in [0.5, 0.6) is 0 Å². The van der Waals surface area contributed by atoms with Gasteiger partial charge in [-0.2, -0.15) is 11.8 Å². The second-order valence-electron chi connectivity index (χ2n) is 2.24. The molecule has 1 unspecified atom stereocenters. The van der Waals surface area contributed by atoms with Gasteiger partial charge < -0.3 is 5.32 Å². The first-order chi connectivity index (χ1) is 3.89. The molecular formula is C6H13NS. The van der Waals surface area contributed by atoms with E-state index in [-0.39, 0.29) is 0 Å². The van der Waals surface area contributed by atoms with Gasteiger partial charge in [-0.25, -0.2) is 0 Å². The second kappa shape index (κ2) is 3.36. The number of hydrogen-bond acceptors (Lipinski definition) is 2. The minimum absolute atomic E-state index is 0.831. The van der Waals surface area contributed by atoms with Crippen molar-refractivity contribution in [2.75, 3.05) is 18.8 Å². The molecule has 2 heteroatoms. The van der Waals surface area contributed by atoms with Crippen molar-refractivity contribution in [1.29, 1.82) is 0 Å². The number of hydrogen-bond donors (Lipinski definition) is 1. The molecule has 0 bridgehead atoms. The largest absolute Gasteiger partial charge is 0.316 e. The first-order valence-corrected chi connectivity index (χ1v) is 4.27. The van der Waals surface area contributed by atoms with Gasteiger partial charge in [-0.15, -0.1) is 0 Å². The highest BCUT2D eigenvalue weighted by molar-refractivity contribution is 7.99. The lowest BCUT2D eigenvalue weighted by Gasteiger charge is -2.03. The van der Waals surface area contributed by atoms with Crippen molar-refractivity contribution in [3.8, 4) is 0 Å². The molecule has 0 aromatic carbocycles. The predicted octanol–water partition coefficient (Wildman–Crippen LogP) is 1.10. The lowest BCUT2D eigenvalue weighted by molar-refractivity contribution is 0.688. The van der Waals surface area contributed by atoms with Gasteiger partial charge in [0.1, 0.15) is 0 Å². The Morgan fingerprint density at radius 1 is 1.62 bits per heavy atom. The van der Waals surface area contributed by atoms with Crippen LogP contribution in [0.1, 0.15) is 13.3 Å². The molecule has 0 radical (unpaired) electrons. The highest BCUT2D eigenvalue weighted by Gasteiger charge is 2.04. The first-order valence-electron chi connectivity index (χ1n) is 3.22. The van der Waals surface area contributed by atoms with Crippen LogP contribution in [-0.2, 0) is 0 Å². The molecule has 0 saturated carbocycles. The van der Waals surface area contributed by atoms with Crippen LogP contribution in [0, 0.1) is 0 Å². The number of nitrogens with one attached hydrogen (secondary N) is 1. The summed E-state index contributed by atoms with van der Waals surface area (Å²) in [6.07, 6.45) is 1.34. The van der Waals surface area contributed by atoms with E-state index < -0.39 is 0 Å². The maximum atomic E-state index is 3.38. The van der Waals surface area contributed by atoms with Crippen LogP contribution in [0.4, 0.5) is 0 Å². The third-order valence-corrected chi connectivity index (χ3v) is 2.59. The summed E-state index contributed by atoms with van der Waals surface area (Å²) >= 11 is 2.08. The topological polar surface area (TPSA) is 12.0 Å². The molecule has 0 spiro atoms. The summed E-state index contributed by atoms with van der Waals surface area (Å²) in [6, 6.07) is 0. The van der Waals surface area contributed by atoms with E-state index in [1.807, 2.05) is 0 Å². The molecule has 0 aliphatic carbocycles. The molecule has 1 rings (SSSR count). The van der Waals surface area contributed by atoms with Gasteiger partial charge in [0.05, 0.1) is 0 Å². The Morgan fingerprint density at radius 2 is 2.50 bits per heavy atom. The molecule has 1 saturated heterocycles. The number of thioether (sulfide) groups is 1. The molecule has 1 aliphatic heterocycles. The van der Waals surface area contributed by atoms with Crippen molar-refractivity contribution in [2.45, 2.75) is 18.6 Å². The quantitative estimate of drug-likeness (QED) is 0.528. The SMILES string of the molecule is CC1CNCCCS1. The minimum atomic E-state index is 0.831. The maximum Gasteiger partial charge on any atom is 0.0144 e. The third kappa shape index (κ3) is 2.05. The fraction of sp³-hybridized carbons (Fsp3) is 1.00. The lowest BCUT2D eigenvalue weighted by atomic mass is 10.4. The summed E-state index contributed by atoms with van der Waals surface area (Å²) in [5, 5.41) is 4.21. The van der Waals surface area contributed by atoms with Crippen LogP contribution in [0.3, 0.4) is 0 Å². The van der Waals surface area contributed by atoms with Crippen molar-refractivity contribution < 1.29 is 0 Å². The zero-order valence-corrected chi connectivity index (χ0v) is 6.13. The van der Waals surface area contributed by atoms with Gasteiger partial charge in [-0.1, -0.05) is 6.92 Å². The Bertz CT molecular complexity index is 57.5. The van der Waals surface area contributed by atoms with E-state index in [2.05, 4.69) is 24.0 Å². The van der Waals surface area contributed by atoms with Gasteiger partial charge in [0, 0.05) is 11.8 Å². The average Bonchev–Trinajstić information content (AvgIpc) is 1.94. The summed E-state index contributed by atoms with van der Waals surface area (Å²) in [7, 11) is 0. The summed E-state index contributed by atoms with van der Waals surface area (Å²) < 4.78 is 0. The zero-order chi connectivity index (χ0) is 5.82. The Hall–Kier alpha value is 0.310. The van der Waals surface area contributed by atoms with E-state index in [9.17, 15) is 0 Å². The van der Waals surface area contributed by atoms with Gasteiger partial charge in [-0.3, -0.25) is 0 Å². The van der Waals surface area contributed by atoms with Crippen LogP contribution < -0.4 is 5.32 Å². The van der Waals surface area contributed by atoms with Crippen molar-refractivity contribution >= 4 is 11.8 Å². The normalized spacial score (nSPS) is 31.9. The van der Waals surface area contributed by atoms with Gasteiger partial charge in [0.15, 0.2) is 0 Å². The smallest absolute Gasteiger partial charge is 0.0144 e. The minimum Gasteiger partial charge on any atom is -0.316 e. The van der Waals surface area contributed by atoms with Gasteiger partial charge in [0.25, 0.3) is 0 Å². The standard InChI is InChI=1S/C6H13NS/c1-6-5-7-3-2-4-8-6/h6-7H,2-5H2,1H3. The van der Waals surface area contributed by atoms with Crippen molar-refractivity contribution in [3.05, 3.63) is 0 Å². The van der Waals surface area contributed by atoms with E-state index >= 15 is 0 Å². The highest BCUT2D eigenvalue weighted by atomic mass is 32.2. The van der Waals surface area contributed by atoms with Crippen molar-refractivity contribution in [1.82, 2.24) is 5.32 Å². The van der Waals surface area contributed by atoms with E-state index in [0.29, 0.717) is 0 Å². The molecule has 0 aromatic rings. The lowest BCUT2D eigenvalue weighted by Crippen LogP contribution is -2.20. The fourth-order valence-corrected chi connectivity index (χ4v) is 1.80. The third-order valence-electron chi connectivity index (χ3n) is 1.33. The molecule has 1 N–H and O–H groups in total. The monoisotopic (exact) mass is 131 g/mol. The zero-order valence-electron chi connectivity index (χ0n) is 5.31. The summed E-state index contributed by atoms with van der Waals surface area (Å²) in [4.78, 5) is 0. The number of rotatable bonds is 0.